The first-order valence-corrected chi connectivity index (χ1v) is 1.85. The molecule has 2 nitrogen and oxygen atoms in total. The van der Waals surface area contributed by atoms with E-state index in [0.717, 1.165) is 6.42 Å². The molecule has 0 aliphatic carbocycles. The fourth-order valence-corrected chi connectivity index (χ4v) is 0.153. The Hall–Kier alpha value is -0.530. The molecule has 1 radical (unpaired) electrons. The average molecular weight is 86.1 g/mol. The lowest BCUT2D eigenvalue weighted by atomic mass is 10.4. The first kappa shape index (κ1) is 5.47. The van der Waals surface area contributed by atoms with Gasteiger partial charge in [-0.05, 0) is 12.8 Å². The van der Waals surface area contributed by atoms with Crippen LogP contribution in [0.5, 0.6) is 0 Å². The van der Waals surface area contributed by atoms with Crippen molar-refractivity contribution in [3.63, 3.8) is 0 Å². The summed E-state index contributed by atoms with van der Waals surface area (Å²) in [7, 11) is 0. The van der Waals surface area contributed by atoms with Crippen LogP contribution in [0.15, 0.2) is 5.16 Å². The topological polar surface area (TPSA) is 32.6 Å². The molecule has 0 aliphatic rings. The van der Waals surface area contributed by atoms with E-state index in [-0.39, 0.29) is 0 Å². The van der Waals surface area contributed by atoms with Gasteiger partial charge < -0.3 is 5.21 Å². The van der Waals surface area contributed by atoms with Crippen LogP contribution in [0.2, 0.25) is 0 Å². The van der Waals surface area contributed by atoms with E-state index in [1.54, 1.807) is 0 Å². The maximum absolute atomic E-state index is 7.75. The zero-order valence-electron chi connectivity index (χ0n) is 3.76. The molecule has 0 fully saturated rings. The molecule has 0 heterocycles. The summed E-state index contributed by atoms with van der Waals surface area (Å²) in [6.45, 7) is 1.90. The van der Waals surface area contributed by atoms with Gasteiger partial charge in [0.15, 0.2) is 0 Å². The van der Waals surface area contributed by atoms with Crippen molar-refractivity contribution in [2.75, 3.05) is 0 Å². The van der Waals surface area contributed by atoms with Gasteiger partial charge in [0.1, 0.15) is 0 Å². The van der Waals surface area contributed by atoms with Crippen LogP contribution >= 0.6 is 0 Å². The maximum atomic E-state index is 7.75. The Morgan fingerprint density at radius 1 is 1.83 bits per heavy atom. The van der Waals surface area contributed by atoms with Gasteiger partial charge in [-0.3, -0.25) is 0 Å². The highest BCUT2D eigenvalue weighted by atomic mass is 16.4. The van der Waals surface area contributed by atoms with Crippen molar-refractivity contribution in [3.05, 3.63) is 6.42 Å². The van der Waals surface area contributed by atoms with Crippen molar-refractivity contribution in [3.8, 4) is 0 Å². The van der Waals surface area contributed by atoms with Crippen LogP contribution in [0.4, 0.5) is 0 Å². The van der Waals surface area contributed by atoms with Crippen LogP contribution < -0.4 is 0 Å². The van der Waals surface area contributed by atoms with Crippen molar-refractivity contribution >= 4 is 6.21 Å². The van der Waals surface area contributed by atoms with Crippen LogP contribution in [0.1, 0.15) is 13.3 Å². The lowest BCUT2D eigenvalue weighted by molar-refractivity contribution is 0.320. The van der Waals surface area contributed by atoms with E-state index in [1.807, 2.05) is 13.3 Å². The summed E-state index contributed by atoms with van der Waals surface area (Å²) >= 11 is 0. The Morgan fingerprint density at radius 2 is 2.50 bits per heavy atom. The normalized spacial score (nSPS) is 10.2. The van der Waals surface area contributed by atoms with Gasteiger partial charge >= 0.3 is 0 Å². The molecule has 0 aromatic heterocycles. The predicted octanol–water partition coefficient (Wildman–Crippen LogP) is 1.06. The van der Waals surface area contributed by atoms with Gasteiger partial charge in [-0.25, -0.2) is 0 Å². The predicted molar refractivity (Wildman–Crippen MR) is 24.9 cm³/mol. The highest BCUT2D eigenvalue weighted by molar-refractivity contribution is 5.57. The van der Waals surface area contributed by atoms with E-state index in [0.29, 0.717) is 0 Å². The quantitative estimate of drug-likeness (QED) is 0.304. The van der Waals surface area contributed by atoms with Crippen molar-refractivity contribution in [2.45, 2.75) is 13.3 Å². The third kappa shape index (κ3) is 3.47. The molecule has 0 aromatic carbocycles. The molecule has 0 saturated carbocycles. The SMILES string of the molecule is C[CH]C/C=N\O. The number of hydrogen-bond donors (Lipinski definition) is 1. The molecular weight excluding hydrogens is 78.0 g/mol. The van der Waals surface area contributed by atoms with Gasteiger partial charge in [-0.2, -0.15) is 0 Å². The molecule has 35 valence electrons. The van der Waals surface area contributed by atoms with Crippen LogP contribution in [-0.4, -0.2) is 11.4 Å². The third-order valence-electron chi connectivity index (χ3n) is 0.423. The molecule has 0 spiro atoms. The van der Waals surface area contributed by atoms with E-state index in [4.69, 9.17) is 5.21 Å². The number of rotatable bonds is 2. The smallest absolute Gasteiger partial charge is 0.0438 e. The Labute approximate surface area is 37.5 Å². The Kier molecular flexibility index (Phi) is 4.08. The average Bonchev–Trinajstić information content (AvgIpc) is 1.61. The molecular formula is C4H8NO. The molecule has 6 heavy (non-hydrogen) atoms. The zero-order chi connectivity index (χ0) is 4.83. The van der Waals surface area contributed by atoms with E-state index in [1.165, 1.54) is 6.21 Å². The molecule has 0 saturated heterocycles. The van der Waals surface area contributed by atoms with Crippen LogP contribution in [-0.2, 0) is 0 Å². The largest absolute Gasteiger partial charge is 0.411 e. The Morgan fingerprint density at radius 3 is 2.67 bits per heavy atom. The molecule has 0 aromatic rings. The molecule has 0 unspecified atom stereocenters. The highest BCUT2D eigenvalue weighted by Gasteiger charge is 1.68. The summed E-state index contributed by atoms with van der Waals surface area (Å²) in [5, 5.41) is 10.5. The van der Waals surface area contributed by atoms with Gasteiger partial charge in [-0.1, -0.05) is 6.92 Å². The molecule has 2 heteroatoms. The fraction of sp³-hybridized carbons (Fsp3) is 0.500. The van der Waals surface area contributed by atoms with Crippen LogP contribution in [0, 0.1) is 6.42 Å². The van der Waals surface area contributed by atoms with Gasteiger partial charge in [0, 0.05) is 6.21 Å². The summed E-state index contributed by atoms with van der Waals surface area (Å²) in [4.78, 5) is 0. The van der Waals surface area contributed by atoms with Crippen LogP contribution in [0.3, 0.4) is 0 Å². The monoisotopic (exact) mass is 86.1 g/mol. The van der Waals surface area contributed by atoms with E-state index < -0.39 is 0 Å². The van der Waals surface area contributed by atoms with E-state index >= 15 is 0 Å². The summed E-state index contributed by atoms with van der Waals surface area (Å²) in [6.07, 6.45) is 4.08. The first-order chi connectivity index (χ1) is 2.91. The van der Waals surface area contributed by atoms with Gasteiger partial charge in [0.25, 0.3) is 0 Å². The Balaban J connectivity index is 2.66. The highest BCUT2D eigenvalue weighted by Crippen LogP contribution is 1.75. The third-order valence-corrected chi connectivity index (χ3v) is 0.423. The van der Waals surface area contributed by atoms with Gasteiger partial charge in [0.2, 0.25) is 0 Å². The number of unbranched alkanes of at least 4 members (excludes halogenated alkanes) is 1. The van der Waals surface area contributed by atoms with Crippen molar-refractivity contribution in [1.82, 2.24) is 0 Å². The summed E-state index contributed by atoms with van der Waals surface area (Å²) in [6, 6.07) is 0. The molecule has 0 atom stereocenters. The molecule has 0 aliphatic heterocycles. The molecule has 0 amide bonds. The minimum absolute atomic E-state index is 0.747. The summed E-state index contributed by atoms with van der Waals surface area (Å²) < 4.78 is 0. The van der Waals surface area contributed by atoms with Gasteiger partial charge in [-0.15, -0.1) is 5.16 Å². The van der Waals surface area contributed by atoms with Crippen molar-refractivity contribution in [1.29, 1.82) is 0 Å². The lowest BCUT2D eigenvalue weighted by Gasteiger charge is -1.74. The molecule has 1 N–H and O–H groups in total. The number of hydrogen-bond acceptors (Lipinski definition) is 2. The second-order valence-electron chi connectivity index (χ2n) is 0.942. The van der Waals surface area contributed by atoms with E-state index in [2.05, 4.69) is 5.16 Å². The fourth-order valence-electron chi connectivity index (χ4n) is 0.153. The molecule has 0 bridgehead atoms. The standard InChI is InChI=1S/C4H8NO/c1-2-3-4-5-6/h2,4,6H,3H2,1H3/b5-4-. The zero-order valence-corrected chi connectivity index (χ0v) is 3.76. The lowest BCUT2D eigenvalue weighted by Crippen LogP contribution is -1.69. The number of nitrogens with zero attached hydrogens (tertiary/aromatic N) is 1. The second-order valence-corrected chi connectivity index (χ2v) is 0.942. The second kappa shape index (κ2) is 4.47. The Bertz CT molecular complexity index is 42.8. The maximum Gasteiger partial charge on any atom is 0.0438 e. The molecule has 0 rings (SSSR count). The van der Waals surface area contributed by atoms with Crippen molar-refractivity contribution in [2.24, 2.45) is 5.16 Å². The van der Waals surface area contributed by atoms with Crippen LogP contribution in [0.25, 0.3) is 0 Å². The van der Waals surface area contributed by atoms with Crippen molar-refractivity contribution < 1.29 is 5.21 Å². The minimum atomic E-state index is 0.747. The first-order valence-electron chi connectivity index (χ1n) is 1.85. The summed E-state index contributed by atoms with van der Waals surface area (Å²) in [5.74, 6) is 0. The summed E-state index contributed by atoms with van der Waals surface area (Å²) in [5.41, 5.74) is 0. The number of oxime groups is 1. The minimum Gasteiger partial charge on any atom is -0.411 e. The van der Waals surface area contributed by atoms with Gasteiger partial charge in [0.05, 0.1) is 0 Å². The van der Waals surface area contributed by atoms with E-state index in [9.17, 15) is 0 Å².